The molecule has 4 N–H and O–H groups in total. The van der Waals surface area contributed by atoms with Crippen molar-refractivity contribution in [3.8, 4) is 46.0 Å². The molecule has 0 spiro atoms. The molecule has 6 aliphatic heterocycles. The molecule has 10 rings (SSSR count). The number of carbonyl (C=O) groups is 2. The van der Waals surface area contributed by atoms with Crippen LogP contribution in [-0.4, -0.2) is 111 Å². The van der Waals surface area contributed by atoms with Crippen molar-refractivity contribution in [3.05, 3.63) is 95.3 Å². The van der Waals surface area contributed by atoms with E-state index in [4.69, 9.17) is 37.9 Å². The third-order valence-electron chi connectivity index (χ3n) is 11.9. The Morgan fingerprint density at radius 2 is 1.02 bits per heavy atom. The second-order valence-corrected chi connectivity index (χ2v) is 18.8. The first-order chi connectivity index (χ1) is 31.2. The Hall–Kier alpha value is -5.88. The molecule has 0 aliphatic carbocycles. The van der Waals surface area contributed by atoms with Crippen LogP contribution in [0.3, 0.4) is 0 Å². The van der Waals surface area contributed by atoms with Gasteiger partial charge in [0.15, 0.2) is 56.7 Å². The van der Waals surface area contributed by atoms with Crippen molar-refractivity contribution >= 4 is 54.6 Å². The molecule has 0 saturated heterocycles. The van der Waals surface area contributed by atoms with E-state index < -0.39 is 54.9 Å². The normalized spacial score (nSPS) is 21.1. The van der Waals surface area contributed by atoms with Crippen molar-refractivity contribution in [2.45, 2.75) is 42.1 Å². The van der Waals surface area contributed by atoms with E-state index in [1.165, 1.54) is 48.3 Å². The number of fused-ring (bicyclic) bond motifs is 6. The second kappa shape index (κ2) is 17.4. The number of hydrogen-bond donors (Lipinski definition) is 4. The number of anilines is 2. The predicted octanol–water partition coefficient (Wildman–Crippen LogP) is 1.80. The third kappa shape index (κ3) is 8.19. The van der Waals surface area contributed by atoms with Crippen LogP contribution in [0, 0.1) is 0 Å². The summed E-state index contributed by atoms with van der Waals surface area (Å²) in [6, 6.07) is 14.2. The minimum atomic E-state index is -4.77. The predicted molar refractivity (Wildman–Crippen MR) is 230 cm³/mol. The van der Waals surface area contributed by atoms with E-state index >= 15 is 0 Å². The Labute approximate surface area is 400 Å². The van der Waals surface area contributed by atoms with Gasteiger partial charge in [-0.1, -0.05) is 12.1 Å². The number of hydrogen-bond acceptors (Lipinski definition) is 16. The topological polar surface area (TPSA) is 247 Å². The van der Waals surface area contributed by atoms with Gasteiger partial charge in [-0.2, -0.15) is 16.8 Å². The summed E-state index contributed by atoms with van der Waals surface area (Å²) in [6.45, 7) is 0.204. The third-order valence-corrected chi connectivity index (χ3v) is 14.1. The Morgan fingerprint density at radius 1 is 0.606 bits per heavy atom. The zero-order valence-corrected chi connectivity index (χ0v) is 39.1. The van der Waals surface area contributed by atoms with E-state index in [9.17, 15) is 35.5 Å². The maximum absolute atomic E-state index is 14.1. The second-order valence-electron chi connectivity index (χ2n) is 15.7. The molecule has 0 radical (unpaired) electrons. The van der Waals surface area contributed by atoms with E-state index in [1.54, 1.807) is 48.8 Å². The summed E-state index contributed by atoms with van der Waals surface area (Å²) < 4.78 is 117. The molecule has 4 aromatic rings. The molecule has 0 fully saturated rings. The van der Waals surface area contributed by atoms with Gasteiger partial charge in [0, 0.05) is 31.0 Å². The number of nitrogens with one attached hydrogen (secondary N) is 2. The molecular formula is C43H40N4NaO16S2+. The van der Waals surface area contributed by atoms with Crippen LogP contribution in [-0.2, 0) is 20.2 Å². The van der Waals surface area contributed by atoms with Gasteiger partial charge >= 0.3 is 29.6 Å². The molecule has 4 aromatic carbocycles. The zero-order valence-electron chi connectivity index (χ0n) is 35.5. The molecule has 2 amide bonds. The van der Waals surface area contributed by atoms with Crippen molar-refractivity contribution in [2.24, 2.45) is 0 Å². The number of carbonyl (C=O) groups excluding carboxylic acids is 2. The molecular weight excluding hydrogens is 916 g/mol. The van der Waals surface area contributed by atoms with Crippen LogP contribution < -0.4 is 78.1 Å². The minimum Gasteiger partial charge on any atom is -0.493 e. The first kappa shape index (κ1) is 45.3. The van der Waals surface area contributed by atoms with Gasteiger partial charge in [-0.15, -0.1) is 0 Å². The van der Waals surface area contributed by atoms with Gasteiger partial charge in [0.2, 0.25) is 13.6 Å². The van der Waals surface area contributed by atoms with Gasteiger partial charge in [0.25, 0.3) is 32.1 Å². The molecule has 20 nitrogen and oxygen atoms in total. The summed E-state index contributed by atoms with van der Waals surface area (Å²) in [5, 5.41) is 2.52. The van der Waals surface area contributed by atoms with Crippen molar-refractivity contribution in [1.82, 2.24) is 9.80 Å². The molecule has 23 heteroatoms. The summed E-state index contributed by atoms with van der Waals surface area (Å²) in [7, 11) is -6.76. The smallest absolute Gasteiger partial charge is 0.493 e. The SMILES string of the molecule is COc1cc2c(cc1OCCCOc1cc3c(cc1OC)C(=O)N1C=C(c4ccc5c(c4)OCO5)C[C@H]1C(S(=O)(=O)O)N3)NC(S(=O)(=O)O)[C@@H]1CC(c3ccc4c(c3)OCO4)=CN1C2=O.[Na+]. The van der Waals surface area contributed by atoms with Crippen LogP contribution >= 0.6 is 0 Å². The number of benzene rings is 4. The van der Waals surface area contributed by atoms with Gasteiger partial charge in [0.05, 0.1) is 62.0 Å². The first-order valence-corrected chi connectivity index (χ1v) is 23.2. The molecule has 2 unspecified atom stereocenters. The Kier molecular flexibility index (Phi) is 11.9. The van der Waals surface area contributed by atoms with Crippen LogP contribution in [0.15, 0.2) is 73.1 Å². The Balaban J connectivity index is 0.00000548. The molecule has 340 valence electrons. The Morgan fingerprint density at radius 3 is 1.41 bits per heavy atom. The number of nitrogens with zero attached hydrogens (tertiary/aromatic N) is 2. The van der Waals surface area contributed by atoms with Crippen LogP contribution in [0.2, 0.25) is 0 Å². The number of rotatable bonds is 12. The van der Waals surface area contributed by atoms with E-state index in [1.807, 2.05) is 0 Å². The van der Waals surface area contributed by atoms with E-state index in [0.717, 1.165) is 0 Å². The van der Waals surface area contributed by atoms with E-state index in [-0.39, 0.29) is 121 Å². The summed E-state index contributed by atoms with van der Waals surface area (Å²) in [6.07, 6.45) is 3.58. The van der Waals surface area contributed by atoms with Gasteiger partial charge < -0.3 is 58.3 Å². The fourth-order valence-electron chi connectivity index (χ4n) is 8.79. The minimum absolute atomic E-state index is 0. The fraction of sp³-hybridized carbons (Fsp3) is 0.302. The maximum atomic E-state index is 14.1. The van der Waals surface area contributed by atoms with Crippen LogP contribution in [0.4, 0.5) is 11.4 Å². The average Bonchev–Trinajstić information content (AvgIpc) is 4.10. The van der Waals surface area contributed by atoms with E-state index in [0.29, 0.717) is 45.3 Å². The molecule has 0 bridgehead atoms. The summed E-state index contributed by atoms with van der Waals surface area (Å²) in [5.74, 6) is 1.78. The fourth-order valence-corrected chi connectivity index (χ4v) is 10.6. The monoisotopic (exact) mass is 955 g/mol. The van der Waals surface area contributed by atoms with Gasteiger partial charge in [-0.3, -0.25) is 18.7 Å². The standard InChI is InChI=1S/C43H40N4O16S2.Na/c1-56-34-14-26-28(44-40(64(50,51)52)30-10-24(18-46(30)42(26)48)22-4-6-32-36(12-22)62-20-60-32)16-38(34)58-8-3-9-59-39-17-29-27(15-35(39)57-2)43(49)47-19-25(11-31(47)41(45-29)65(53,54)55)23-5-7-33-37(13-23)63-21-61-33;/h4-7,12-19,30-31,40-41,44-45H,3,8-11,20-21H2,1-2H3,(H,50,51,52)(H,53,54,55);/q;+1/t30-,31-,40?,41?;/m0./s1. The van der Waals surface area contributed by atoms with Gasteiger partial charge in [-0.05, 0) is 71.5 Å². The van der Waals surface area contributed by atoms with Crippen LogP contribution in [0.25, 0.3) is 11.1 Å². The number of methoxy groups -OCH3 is 2. The molecule has 4 atom stereocenters. The quantitative estimate of drug-likeness (QED) is 0.0898. The van der Waals surface area contributed by atoms with Crippen molar-refractivity contribution in [1.29, 1.82) is 0 Å². The van der Waals surface area contributed by atoms with Crippen LogP contribution in [0.5, 0.6) is 46.0 Å². The zero-order chi connectivity index (χ0) is 45.4. The summed E-state index contributed by atoms with van der Waals surface area (Å²) in [5.41, 5.74) is 3.04. The summed E-state index contributed by atoms with van der Waals surface area (Å²) >= 11 is 0. The average molecular weight is 956 g/mol. The molecule has 6 heterocycles. The summed E-state index contributed by atoms with van der Waals surface area (Å²) in [4.78, 5) is 30.7. The van der Waals surface area contributed by atoms with Crippen molar-refractivity contribution in [3.63, 3.8) is 0 Å². The van der Waals surface area contributed by atoms with Crippen LogP contribution in [0.1, 0.15) is 51.1 Å². The molecule has 0 aromatic heterocycles. The number of amides is 2. The van der Waals surface area contributed by atoms with Crippen molar-refractivity contribution < 1.29 is 103 Å². The first-order valence-electron chi connectivity index (χ1n) is 20.2. The van der Waals surface area contributed by atoms with Crippen molar-refractivity contribution in [2.75, 3.05) is 51.7 Å². The molecule has 6 aliphatic rings. The van der Waals surface area contributed by atoms with Gasteiger partial charge in [-0.25, -0.2) is 0 Å². The molecule has 66 heavy (non-hydrogen) atoms. The number of ether oxygens (including phenoxy) is 8. The Bertz CT molecular complexity index is 2770. The van der Waals surface area contributed by atoms with Gasteiger partial charge in [0.1, 0.15) is 0 Å². The van der Waals surface area contributed by atoms with E-state index in [2.05, 4.69) is 10.6 Å². The largest absolute Gasteiger partial charge is 1.00 e. The molecule has 0 saturated carbocycles. The maximum Gasteiger partial charge on any atom is 1.00 e.